The average molecular weight is 496 g/mol. The van der Waals surface area contributed by atoms with Gasteiger partial charge in [0.25, 0.3) is 0 Å². The van der Waals surface area contributed by atoms with E-state index in [1.54, 1.807) is 6.20 Å². The van der Waals surface area contributed by atoms with Crippen LogP contribution in [0.2, 0.25) is 5.02 Å². The van der Waals surface area contributed by atoms with E-state index in [9.17, 15) is 4.79 Å². The van der Waals surface area contributed by atoms with Crippen molar-refractivity contribution in [1.29, 1.82) is 0 Å². The number of nitrogens with zero attached hydrogens (tertiary/aromatic N) is 4. The number of hydrogen-bond donors (Lipinski definition) is 1. The van der Waals surface area contributed by atoms with Gasteiger partial charge in [-0.15, -0.1) is 0 Å². The third-order valence-electron chi connectivity index (χ3n) is 6.65. The standard InChI is InChI=1S/C26H30ClN5O3/c1-25(2,3)35-24(33)31-10-8-26(16-31)9-11-32-22(26)13-20(30-32)18-12-21(23(28)29-14-18)34-15-17-6-4-5-7-19(17)27/h4-7,12-14H,8-11,15-16H2,1-3H3,(H2,28,29)/t26-/m1/s1. The number of carbonyl (C=O) groups is 1. The molecule has 2 N–H and O–H groups in total. The lowest BCUT2D eigenvalue weighted by atomic mass is 9.82. The molecule has 1 amide bonds. The summed E-state index contributed by atoms with van der Waals surface area (Å²) in [5.74, 6) is 0.801. The molecule has 1 saturated heterocycles. The first kappa shape index (κ1) is 23.5. The van der Waals surface area contributed by atoms with Crippen molar-refractivity contribution in [3.63, 3.8) is 0 Å². The highest BCUT2D eigenvalue weighted by Gasteiger charge is 2.47. The number of ether oxygens (including phenoxy) is 2. The molecule has 1 fully saturated rings. The monoisotopic (exact) mass is 495 g/mol. The molecule has 2 aromatic heterocycles. The second-order valence-electron chi connectivity index (χ2n) is 10.3. The zero-order chi connectivity index (χ0) is 24.8. The van der Waals surface area contributed by atoms with E-state index in [1.165, 1.54) is 0 Å². The predicted molar refractivity (Wildman–Crippen MR) is 134 cm³/mol. The molecule has 9 heteroatoms. The lowest BCUT2D eigenvalue weighted by Gasteiger charge is -2.26. The Balaban J connectivity index is 1.35. The Labute approximate surface area is 210 Å². The number of nitrogen functional groups attached to an aromatic ring is 1. The minimum absolute atomic E-state index is 0.104. The first-order valence-corrected chi connectivity index (χ1v) is 12.2. The quantitative estimate of drug-likeness (QED) is 0.544. The highest BCUT2D eigenvalue weighted by molar-refractivity contribution is 6.31. The minimum atomic E-state index is -0.509. The van der Waals surface area contributed by atoms with Crippen LogP contribution in [0.15, 0.2) is 42.6 Å². The fourth-order valence-electron chi connectivity index (χ4n) is 4.85. The second-order valence-corrected chi connectivity index (χ2v) is 10.7. The number of hydrogen-bond acceptors (Lipinski definition) is 6. The lowest BCUT2D eigenvalue weighted by Crippen LogP contribution is -2.37. The first-order chi connectivity index (χ1) is 16.6. The van der Waals surface area contributed by atoms with Gasteiger partial charge in [-0.05, 0) is 51.8 Å². The van der Waals surface area contributed by atoms with Gasteiger partial charge in [0.15, 0.2) is 11.6 Å². The van der Waals surface area contributed by atoms with E-state index in [0.717, 1.165) is 41.9 Å². The van der Waals surface area contributed by atoms with Gasteiger partial charge in [0.05, 0.1) is 5.69 Å². The van der Waals surface area contributed by atoms with Crippen LogP contribution in [0.4, 0.5) is 10.6 Å². The van der Waals surface area contributed by atoms with Gasteiger partial charge in [0.2, 0.25) is 0 Å². The van der Waals surface area contributed by atoms with Crippen molar-refractivity contribution in [2.45, 2.75) is 57.8 Å². The number of aromatic nitrogens is 3. The molecule has 1 spiro atoms. The van der Waals surface area contributed by atoms with Gasteiger partial charge in [-0.1, -0.05) is 29.8 Å². The van der Waals surface area contributed by atoms with Crippen LogP contribution in [0.1, 0.15) is 44.9 Å². The number of pyridine rings is 1. The van der Waals surface area contributed by atoms with Crippen LogP contribution in [-0.2, 0) is 23.3 Å². The molecular weight excluding hydrogens is 466 g/mol. The van der Waals surface area contributed by atoms with E-state index in [-0.39, 0.29) is 18.1 Å². The average Bonchev–Trinajstić information content (AvgIpc) is 3.50. The molecular formula is C26H30ClN5O3. The highest BCUT2D eigenvalue weighted by Crippen LogP contribution is 2.44. The van der Waals surface area contributed by atoms with E-state index in [1.807, 2.05) is 56.0 Å². The number of nitrogens with two attached hydrogens (primary N) is 1. The number of fused-ring (bicyclic) bond motifs is 2. The zero-order valence-corrected chi connectivity index (χ0v) is 21.0. The number of benzene rings is 1. The van der Waals surface area contributed by atoms with Crippen molar-refractivity contribution in [2.24, 2.45) is 0 Å². The molecule has 35 heavy (non-hydrogen) atoms. The maximum atomic E-state index is 12.6. The van der Waals surface area contributed by atoms with Crippen LogP contribution in [0.3, 0.4) is 0 Å². The number of amides is 1. The normalized spacial score (nSPS) is 19.3. The van der Waals surface area contributed by atoms with Gasteiger partial charge < -0.3 is 20.1 Å². The van der Waals surface area contributed by atoms with Crippen LogP contribution in [0.5, 0.6) is 5.75 Å². The lowest BCUT2D eigenvalue weighted by molar-refractivity contribution is 0.0284. The number of aryl methyl sites for hydroxylation is 1. The maximum absolute atomic E-state index is 12.6. The molecule has 0 bridgehead atoms. The van der Waals surface area contributed by atoms with E-state index in [0.29, 0.717) is 29.7 Å². The molecule has 0 aliphatic carbocycles. The van der Waals surface area contributed by atoms with E-state index in [2.05, 4.69) is 15.7 Å². The molecule has 4 heterocycles. The van der Waals surface area contributed by atoms with Gasteiger partial charge in [-0.2, -0.15) is 5.10 Å². The molecule has 1 aromatic carbocycles. The smallest absolute Gasteiger partial charge is 0.410 e. The van der Waals surface area contributed by atoms with Gasteiger partial charge in [-0.3, -0.25) is 4.68 Å². The van der Waals surface area contributed by atoms with Crippen molar-refractivity contribution in [3.05, 3.63) is 58.9 Å². The van der Waals surface area contributed by atoms with Crippen LogP contribution in [0.25, 0.3) is 11.3 Å². The van der Waals surface area contributed by atoms with Crippen molar-refractivity contribution >= 4 is 23.5 Å². The summed E-state index contributed by atoms with van der Waals surface area (Å²) in [4.78, 5) is 18.8. The molecule has 0 unspecified atom stereocenters. The molecule has 8 nitrogen and oxygen atoms in total. The Morgan fingerprint density at radius 3 is 2.74 bits per heavy atom. The summed E-state index contributed by atoms with van der Waals surface area (Å²) in [7, 11) is 0. The van der Waals surface area contributed by atoms with Gasteiger partial charge in [0.1, 0.15) is 12.2 Å². The van der Waals surface area contributed by atoms with Crippen molar-refractivity contribution in [1.82, 2.24) is 19.7 Å². The maximum Gasteiger partial charge on any atom is 0.410 e. The molecule has 2 aliphatic rings. The summed E-state index contributed by atoms with van der Waals surface area (Å²) in [5, 5.41) is 5.48. The van der Waals surface area contributed by atoms with Gasteiger partial charge in [-0.25, -0.2) is 9.78 Å². The first-order valence-electron chi connectivity index (χ1n) is 11.8. The van der Waals surface area contributed by atoms with Gasteiger partial charge >= 0.3 is 6.09 Å². The highest BCUT2D eigenvalue weighted by atomic mass is 35.5. The van der Waals surface area contributed by atoms with Crippen molar-refractivity contribution < 1.29 is 14.3 Å². The van der Waals surface area contributed by atoms with Gasteiger partial charge in [0, 0.05) is 53.1 Å². The van der Waals surface area contributed by atoms with Crippen LogP contribution in [-0.4, -0.2) is 44.4 Å². The summed E-state index contributed by atoms with van der Waals surface area (Å²) >= 11 is 6.25. The summed E-state index contributed by atoms with van der Waals surface area (Å²) in [5.41, 5.74) is 9.12. The van der Waals surface area contributed by atoms with Crippen LogP contribution >= 0.6 is 11.6 Å². The topological polar surface area (TPSA) is 95.5 Å². The molecule has 3 aromatic rings. The number of carbonyl (C=O) groups excluding carboxylic acids is 1. The Morgan fingerprint density at radius 1 is 1.20 bits per heavy atom. The third kappa shape index (κ3) is 4.67. The zero-order valence-electron chi connectivity index (χ0n) is 20.3. The van der Waals surface area contributed by atoms with Crippen molar-refractivity contribution in [2.75, 3.05) is 18.8 Å². The summed E-state index contributed by atoms with van der Waals surface area (Å²) in [6, 6.07) is 11.5. The summed E-state index contributed by atoms with van der Waals surface area (Å²) in [6.07, 6.45) is 3.31. The molecule has 0 radical (unpaired) electrons. The molecule has 2 aliphatic heterocycles. The SMILES string of the molecule is CC(C)(C)OC(=O)N1CC[C@@]2(CCn3nc(-c4cnc(N)c(OCc5ccccc5Cl)c4)cc32)C1. The van der Waals surface area contributed by atoms with E-state index < -0.39 is 5.60 Å². The second kappa shape index (κ2) is 8.75. The van der Waals surface area contributed by atoms with E-state index >= 15 is 0 Å². The minimum Gasteiger partial charge on any atom is -0.485 e. The largest absolute Gasteiger partial charge is 0.485 e. The predicted octanol–water partition coefficient (Wildman–Crippen LogP) is 5.04. The fourth-order valence-corrected chi connectivity index (χ4v) is 5.04. The van der Waals surface area contributed by atoms with E-state index in [4.69, 9.17) is 31.9 Å². The Morgan fingerprint density at radius 2 is 1.97 bits per heavy atom. The van der Waals surface area contributed by atoms with Crippen molar-refractivity contribution in [3.8, 4) is 17.0 Å². The number of likely N-dealkylation sites (tertiary alicyclic amines) is 1. The van der Waals surface area contributed by atoms with Crippen LogP contribution in [0, 0.1) is 0 Å². The third-order valence-corrected chi connectivity index (χ3v) is 7.02. The molecule has 1 atom stereocenters. The summed E-state index contributed by atoms with van der Waals surface area (Å²) in [6.45, 7) is 8.09. The Kier molecular flexibility index (Phi) is 5.87. The molecule has 184 valence electrons. The fraction of sp³-hybridized carbons (Fsp3) is 0.423. The van der Waals surface area contributed by atoms with Crippen LogP contribution < -0.4 is 10.5 Å². The summed E-state index contributed by atoms with van der Waals surface area (Å²) < 4.78 is 13.6. The number of rotatable bonds is 4. The molecule has 5 rings (SSSR count). The number of anilines is 1. The Hall–Kier alpha value is -3.26. The Bertz CT molecular complexity index is 1270. The molecule has 0 saturated carbocycles. The number of halogens is 1.